The highest BCUT2D eigenvalue weighted by Gasteiger charge is 2.18. The van der Waals surface area contributed by atoms with Crippen LogP contribution in [0.1, 0.15) is 29.8 Å². The quantitative estimate of drug-likeness (QED) is 0.772. The Balaban J connectivity index is 2.13. The lowest BCUT2D eigenvalue weighted by atomic mass is 10.1. The molecule has 0 fully saturated rings. The molecule has 0 aliphatic rings. The van der Waals surface area contributed by atoms with Gasteiger partial charge in [-0.2, -0.15) is 0 Å². The number of aryl methyl sites for hydroxylation is 1. The van der Waals surface area contributed by atoms with E-state index in [4.69, 9.17) is 4.74 Å². The molecule has 110 valence electrons. The molecule has 0 heterocycles. The van der Waals surface area contributed by atoms with E-state index in [9.17, 15) is 13.6 Å². The zero-order chi connectivity index (χ0) is 15.4. The average molecular weight is 290 g/mol. The SMILES string of the molecule is CCc1cccc(OC(C)C(=O)c2ccc(F)c(F)c2)c1. The third-order valence-electron chi connectivity index (χ3n) is 3.19. The molecule has 0 radical (unpaired) electrons. The highest BCUT2D eigenvalue weighted by Crippen LogP contribution is 2.18. The topological polar surface area (TPSA) is 26.3 Å². The van der Waals surface area contributed by atoms with Crippen LogP contribution < -0.4 is 4.74 Å². The van der Waals surface area contributed by atoms with Crippen LogP contribution in [0.3, 0.4) is 0 Å². The molecule has 0 aromatic heterocycles. The molecule has 4 heteroatoms. The van der Waals surface area contributed by atoms with Gasteiger partial charge in [-0.05, 0) is 49.2 Å². The Morgan fingerprint density at radius 3 is 2.57 bits per heavy atom. The Labute approximate surface area is 122 Å². The number of carbonyl (C=O) groups is 1. The summed E-state index contributed by atoms with van der Waals surface area (Å²) in [7, 11) is 0. The largest absolute Gasteiger partial charge is 0.483 e. The van der Waals surface area contributed by atoms with Crippen LogP contribution in [0, 0.1) is 11.6 Å². The van der Waals surface area contributed by atoms with E-state index in [1.807, 2.05) is 25.1 Å². The number of ketones is 1. The monoisotopic (exact) mass is 290 g/mol. The van der Waals surface area contributed by atoms with Crippen LogP contribution in [0.25, 0.3) is 0 Å². The Morgan fingerprint density at radius 1 is 1.14 bits per heavy atom. The minimum atomic E-state index is -1.04. The number of carbonyl (C=O) groups excluding carboxylic acids is 1. The van der Waals surface area contributed by atoms with Crippen molar-refractivity contribution < 1.29 is 18.3 Å². The summed E-state index contributed by atoms with van der Waals surface area (Å²) < 4.78 is 31.6. The number of hydrogen-bond donors (Lipinski definition) is 0. The van der Waals surface area contributed by atoms with Crippen molar-refractivity contribution in [2.24, 2.45) is 0 Å². The summed E-state index contributed by atoms with van der Waals surface area (Å²) in [6.07, 6.45) is 0.0878. The van der Waals surface area contributed by atoms with E-state index in [1.54, 1.807) is 13.0 Å². The molecule has 0 saturated heterocycles. The van der Waals surface area contributed by atoms with Gasteiger partial charge in [-0.1, -0.05) is 19.1 Å². The summed E-state index contributed by atoms with van der Waals surface area (Å²) in [5.74, 6) is -1.83. The van der Waals surface area contributed by atoms with Gasteiger partial charge in [-0.3, -0.25) is 4.79 Å². The summed E-state index contributed by atoms with van der Waals surface area (Å²) in [6, 6.07) is 10.5. The van der Waals surface area contributed by atoms with Crippen LogP contribution >= 0.6 is 0 Å². The molecule has 0 saturated carbocycles. The van der Waals surface area contributed by atoms with Crippen molar-refractivity contribution in [1.29, 1.82) is 0 Å². The van der Waals surface area contributed by atoms with Crippen LogP contribution in [-0.4, -0.2) is 11.9 Å². The first-order valence-electron chi connectivity index (χ1n) is 6.76. The molecule has 0 amide bonds. The number of Topliss-reactive ketones (excluding diaryl/α,β-unsaturated/α-hetero) is 1. The summed E-state index contributed by atoms with van der Waals surface area (Å²) in [5, 5.41) is 0. The van der Waals surface area contributed by atoms with E-state index in [0.29, 0.717) is 5.75 Å². The first-order valence-corrected chi connectivity index (χ1v) is 6.76. The van der Waals surface area contributed by atoms with Crippen molar-refractivity contribution in [3.63, 3.8) is 0 Å². The minimum absolute atomic E-state index is 0.0908. The van der Waals surface area contributed by atoms with Crippen LogP contribution in [0.5, 0.6) is 5.75 Å². The van der Waals surface area contributed by atoms with Gasteiger partial charge in [0.2, 0.25) is 5.78 Å². The van der Waals surface area contributed by atoms with Crippen molar-refractivity contribution >= 4 is 5.78 Å². The Kier molecular flexibility index (Phi) is 4.68. The zero-order valence-corrected chi connectivity index (χ0v) is 11.9. The summed E-state index contributed by atoms with van der Waals surface area (Å²) in [4.78, 5) is 12.2. The van der Waals surface area contributed by atoms with Crippen molar-refractivity contribution in [2.75, 3.05) is 0 Å². The lowest BCUT2D eigenvalue weighted by molar-refractivity contribution is 0.0817. The smallest absolute Gasteiger partial charge is 0.203 e. The van der Waals surface area contributed by atoms with Gasteiger partial charge >= 0.3 is 0 Å². The second kappa shape index (κ2) is 6.48. The second-order valence-electron chi connectivity index (χ2n) is 4.75. The van der Waals surface area contributed by atoms with E-state index >= 15 is 0 Å². The third-order valence-corrected chi connectivity index (χ3v) is 3.19. The number of hydrogen-bond acceptors (Lipinski definition) is 2. The molecule has 2 rings (SSSR count). The lowest BCUT2D eigenvalue weighted by Crippen LogP contribution is -2.24. The first kappa shape index (κ1) is 15.2. The fourth-order valence-corrected chi connectivity index (χ4v) is 1.98. The standard InChI is InChI=1S/C17H16F2O2/c1-3-12-5-4-6-14(9-12)21-11(2)17(20)13-7-8-15(18)16(19)10-13/h4-11H,3H2,1-2H3. The Morgan fingerprint density at radius 2 is 1.90 bits per heavy atom. The maximum Gasteiger partial charge on any atom is 0.203 e. The van der Waals surface area contributed by atoms with Crippen molar-refractivity contribution in [3.05, 3.63) is 65.2 Å². The van der Waals surface area contributed by atoms with Crippen LogP contribution in [0.15, 0.2) is 42.5 Å². The van der Waals surface area contributed by atoms with Gasteiger partial charge in [-0.25, -0.2) is 8.78 Å². The molecule has 21 heavy (non-hydrogen) atoms. The highest BCUT2D eigenvalue weighted by molar-refractivity contribution is 5.99. The van der Waals surface area contributed by atoms with E-state index in [0.717, 1.165) is 24.1 Å². The molecule has 0 N–H and O–H groups in total. The molecular weight excluding hydrogens is 274 g/mol. The van der Waals surface area contributed by atoms with E-state index in [2.05, 4.69) is 0 Å². The van der Waals surface area contributed by atoms with Gasteiger partial charge in [0.15, 0.2) is 17.7 Å². The number of rotatable bonds is 5. The van der Waals surface area contributed by atoms with Crippen molar-refractivity contribution in [3.8, 4) is 5.75 Å². The Bertz CT molecular complexity index is 653. The van der Waals surface area contributed by atoms with Gasteiger partial charge < -0.3 is 4.74 Å². The molecule has 0 aliphatic carbocycles. The van der Waals surface area contributed by atoms with Gasteiger partial charge in [-0.15, -0.1) is 0 Å². The average Bonchev–Trinajstić information content (AvgIpc) is 2.49. The zero-order valence-electron chi connectivity index (χ0n) is 11.9. The molecule has 0 aliphatic heterocycles. The van der Waals surface area contributed by atoms with Gasteiger partial charge in [0.05, 0.1) is 0 Å². The maximum absolute atomic E-state index is 13.2. The predicted molar refractivity (Wildman–Crippen MR) is 76.6 cm³/mol. The summed E-state index contributed by atoms with van der Waals surface area (Å²) in [5.41, 5.74) is 1.19. The van der Waals surface area contributed by atoms with E-state index < -0.39 is 23.5 Å². The summed E-state index contributed by atoms with van der Waals surface area (Å²) >= 11 is 0. The van der Waals surface area contributed by atoms with Gasteiger partial charge in [0, 0.05) is 5.56 Å². The Hall–Kier alpha value is -2.23. The van der Waals surface area contributed by atoms with Crippen molar-refractivity contribution in [1.82, 2.24) is 0 Å². The minimum Gasteiger partial charge on any atom is -0.483 e. The van der Waals surface area contributed by atoms with Gasteiger partial charge in [0.1, 0.15) is 5.75 Å². The molecule has 2 aromatic rings. The van der Waals surface area contributed by atoms with Crippen LogP contribution in [-0.2, 0) is 6.42 Å². The molecule has 0 bridgehead atoms. The lowest BCUT2D eigenvalue weighted by Gasteiger charge is -2.14. The van der Waals surface area contributed by atoms with Crippen LogP contribution in [0.4, 0.5) is 8.78 Å². The van der Waals surface area contributed by atoms with Gasteiger partial charge in [0.25, 0.3) is 0 Å². The van der Waals surface area contributed by atoms with E-state index in [-0.39, 0.29) is 5.56 Å². The molecule has 0 spiro atoms. The molecule has 2 nitrogen and oxygen atoms in total. The maximum atomic E-state index is 13.2. The molecule has 1 atom stereocenters. The van der Waals surface area contributed by atoms with Crippen LogP contribution in [0.2, 0.25) is 0 Å². The van der Waals surface area contributed by atoms with E-state index in [1.165, 1.54) is 6.07 Å². The summed E-state index contributed by atoms with van der Waals surface area (Å²) in [6.45, 7) is 3.61. The molecule has 1 unspecified atom stereocenters. The first-order chi connectivity index (χ1) is 10.0. The molecule has 2 aromatic carbocycles. The fourth-order valence-electron chi connectivity index (χ4n) is 1.98. The number of halogens is 2. The normalized spacial score (nSPS) is 12.0. The molecular formula is C17H16F2O2. The number of benzene rings is 2. The van der Waals surface area contributed by atoms with Crippen molar-refractivity contribution in [2.45, 2.75) is 26.4 Å². The fraction of sp³-hybridized carbons (Fsp3) is 0.235. The predicted octanol–water partition coefficient (Wildman–Crippen LogP) is 4.18. The number of ether oxygens (including phenoxy) is 1. The second-order valence-corrected chi connectivity index (χ2v) is 4.75. The third kappa shape index (κ3) is 3.66. The highest BCUT2D eigenvalue weighted by atomic mass is 19.2.